The van der Waals surface area contributed by atoms with Gasteiger partial charge in [-0.15, -0.1) is 11.8 Å². The minimum atomic E-state index is 0.381. The lowest BCUT2D eigenvalue weighted by Gasteiger charge is -2.17. The van der Waals surface area contributed by atoms with Crippen molar-refractivity contribution in [2.45, 2.75) is 25.7 Å². The molecule has 0 aromatic heterocycles. The third kappa shape index (κ3) is 4.23. The van der Waals surface area contributed by atoms with Crippen LogP contribution in [0.5, 0.6) is 0 Å². The minimum absolute atomic E-state index is 0.381. The van der Waals surface area contributed by atoms with Crippen molar-refractivity contribution in [3.63, 3.8) is 0 Å². The summed E-state index contributed by atoms with van der Waals surface area (Å²) >= 11 is 1.88. The summed E-state index contributed by atoms with van der Waals surface area (Å²) in [4.78, 5) is 1.30. The predicted molar refractivity (Wildman–Crippen MR) is 61.0 cm³/mol. The van der Waals surface area contributed by atoms with Crippen LogP contribution in [0.1, 0.15) is 20.8 Å². The van der Waals surface area contributed by atoms with Gasteiger partial charge in [-0.05, 0) is 29.7 Å². The number of nitrogens with two attached hydrogens (primary N) is 1. The number of thioether (sulfide) groups is 1. The highest BCUT2D eigenvalue weighted by molar-refractivity contribution is 7.99. The summed E-state index contributed by atoms with van der Waals surface area (Å²) in [5.41, 5.74) is 6.81. The molecule has 2 heteroatoms. The van der Waals surface area contributed by atoms with Crippen LogP contribution in [0.25, 0.3) is 0 Å². The summed E-state index contributed by atoms with van der Waals surface area (Å²) < 4.78 is 0. The summed E-state index contributed by atoms with van der Waals surface area (Å²) in [6.45, 7) is 6.74. The van der Waals surface area contributed by atoms with Crippen LogP contribution in [0.15, 0.2) is 29.2 Å². The molecule has 72 valence electrons. The molecule has 0 fully saturated rings. The lowest BCUT2D eigenvalue weighted by Crippen LogP contribution is -2.07. The first-order valence-electron chi connectivity index (χ1n) is 4.46. The van der Waals surface area contributed by atoms with E-state index in [9.17, 15) is 0 Å². The molecule has 0 atom stereocenters. The van der Waals surface area contributed by atoms with Gasteiger partial charge in [0.25, 0.3) is 0 Å². The van der Waals surface area contributed by atoms with E-state index in [1.165, 1.54) is 4.90 Å². The molecule has 0 unspecified atom stereocenters. The molecule has 1 aromatic carbocycles. The molecular formula is C11H17NS. The van der Waals surface area contributed by atoms with Crippen molar-refractivity contribution in [3.05, 3.63) is 24.3 Å². The zero-order chi connectivity index (χ0) is 9.90. The average Bonchev–Trinajstić information content (AvgIpc) is 2.02. The fourth-order valence-corrected chi connectivity index (χ4v) is 1.79. The molecule has 0 bridgehead atoms. The third-order valence-electron chi connectivity index (χ3n) is 1.55. The fourth-order valence-electron chi connectivity index (χ4n) is 0.864. The van der Waals surface area contributed by atoms with E-state index in [0.717, 1.165) is 11.4 Å². The Kier molecular flexibility index (Phi) is 3.26. The Labute approximate surface area is 84.7 Å². The van der Waals surface area contributed by atoms with E-state index in [4.69, 9.17) is 5.73 Å². The molecule has 0 aliphatic carbocycles. The Morgan fingerprint density at radius 3 is 2.15 bits per heavy atom. The van der Waals surface area contributed by atoms with Crippen LogP contribution in [-0.2, 0) is 0 Å². The van der Waals surface area contributed by atoms with Gasteiger partial charge in [-0.1, -0.05) is 20.8 Å². The van der Waals surface area contributed by atoms with Crippen LogP contribution in [-0.4, -0.2) is 5.75 Å². The van der Waals surface area contributed by atoms with Crippen LogP contribution >= 0.6 is 11.8 Å². The monoisotopic (exact) mass is 195 g/mol. The Bertz CT molecular complexity index is 258. The quantitative estimate of drug-likeness (QED) is 0.578. The van der Waals surface area contributed by atoms with Gasteiger partial charge >= 0.3 is 0 Å². The first-order valence-corrected chi connectivity index (χ1v) is 5.44. The van der Waals surface area contributed by atoms with Crippen LogP contribution in [0, 0.1) is 5.41 Å². The van der Waals surface area contributed by atoms with Crippen LogP contribution in [0.2, 0.25) is 0 Å². The van der Waals surface area contributed by atoms with Crippen molar-refractivity contribution in [1.82, 2.24) is 0 Å². The number of rotatable bonds is 2. The fraction of sp³-hybridized carbons (Fsp3) is 0.455. The van der Waals surface area contributed by atoms with Gasteiger partial charge < -0.3 is 5.73 Å². The van der Waals surface area contributed by atoms with Gasteiger partial charge in [0.15, 0.2) is 0 Å². The minimum Gasteiger partial charge on any atom is -0.399 e. The van der Waals surface area contributed by atoms with Gasteiger partial charge in [-0.3, -0.25) is 0 Å². The first-order chi connectivity index (χ1) is 5.97. The number of hydrogen-bond acceptors (Lipinski definition) is 2. The zero-order valence-corrected chi connectivity index (χ0v) is 9.32. The molecule has 2 N–H and O–H groups in total. The largest absolute Gasteiger partial charge is 0.399 e. The third-order valence-corrected chi connectivity index (χ3v) is 3.17. The Balaban J connectivity index is 2.51. The van der Waals surface area contributed by atoms with E-state index in [0.29, 0.717) is 5.41 Å². The van der Waals surface area contributed by atoms with Gasteiger partial charge in [-0.2, -0.15) is 0 Å². The van der Waals surface area contributed by atoms with E-state index < -0.39 is 0 Å². The van der Waals surface area contributed by atoms with Gasteiger partial charge in [0, 0.05) is 16.3 Å². The summed E-state index contributed by atoms with van der Waals surface area (Å²) in [5, 5.41) is 0. The second-order valence-electron chi connectivity index (χ2n) is 4.42. The SMILES string of the molecule is CC(C)(C)CSc1ccc(N)cc1. The molecule has 1 aromatic rings. The van der Waals surface area contributed by atoms with E-state index >= 15 is 0 Å². The normalized spacial score (nSPS) is 11.6. The second-order valence-corrected chi connectivity index (χ2v) is 5.47. The highest BCUT2D eigenvalue weighted by Crippen LogP contribution is 2.27. The molecule has 1 rings (SSSR count). The lowest BCUT2D eigenvalue weighted by atomic mass is 10.0. The molecule has 0 aliphatic heterocycles. The maximum atomic E-state index is 5.60. The average molecular weight is 195 g/mol. The Morgan fingerprint density at radius 2 is 1.69 bits per heavy atom. The lowest BCUT2D eigenvalue weighted by molar-refractivity contribution is 0.481. The second kappa shape index (κ2) is 4.05. The highest BCUT2D eigenvalue weighted by atomic mass is 32.2. The van der Waals surface area contributed by atoms with Crippen molar-refractivity contribution in [1.29, 1.82) is 0 Å². The molecule has 0 saturated carbocycles. The van der Waals surface area contributed by atoms with Crippen molar-refractivity contribution in [2.24, 2.45) is 5.41 Å². The molecule has 0 aliphatic rings. The first kappa shape index (κ1) is 10.5. The molecule has 0 heterocycles. The molecule has 0 saturated heterocycles. The van der Waals surface area contributed by atoms with Gasteiger partial charge in [0.2, 0.25) is 0 Å². The van der Waals surface area contributed by atoms with E-state index in [2.05, 4.69) is 32.9 Å². The summed E-state index contributed by atoms with van der Waals surface area (Å²) in [7, 11) is 0. The van der Waals surface area contributed by atoms with Gasteiger partial charge in [0.05, 0.1) is 0 Å². The van der Waals surface area contributed by atoms with E-state index in [-0.39, 0.29) is 0 Å². The molecule has 0 amide bonds. The van der Waals surface area contributed by atoms with Crippen molar-refractivity contribution in [2.75, 3.05) is 11.5 Å². The number of hydrogen-bond donors (Lipinski definition) is 1. The van der Waals surface area contributed by atoms with Gasteiger partial charge in [0.1, 0.15) is 0 Å². The molecular weight excluding hydrogens is 178 g/mol. The van der Waals surface area contributed by atoms with E-state index in [1.54, 1.807) is 0 Å². The van der Waals surface area contributed by atoms with Crippen LogP contribution in [0.4, 0.5) is 5.69 Å². The number of anilines is 1. The molecule has 13 heavy (non-hydrogen) atoms. The summed E-state index contributed by atoms with van der Waals surface area (Å²) in [6, 6.07) is 8.05. The molecule has 1 nitrogen and oxygen atoms in total. The summed E-state index contributed by atoms with van der Waals surface area (Å²) in [5.74, 6) is 1.14. The maximum Gasteiger partial charge on any atom is 0.0314 e. The van der Waals surface area contributed by atoms with Gasteiger partial charge in [-0.25, -0.2) is 0 Å². The zero-order valence-electron chi connectivity index (χ0n) is 8.50. The van der Waals surface area contributed by atoms with Crippen molar-refractivity contribution < 1.29 is 0 Å². The number of benzene rings is 1. The maximum absolute atomic E-state index is 5.60. The predicted octanol–water partition coefficient (Wildman–Crippen LogP) is 3.41. The van der Waals surface area contributed by atoms with E-state index in [1.807, 2.05) is 23.9 Å². The topological polar surface area (TPSA) is 26.0 Å². The Morgan fingerprint density at radius 1 is 1.15 bits per heavy atom. The van der Waals surface area contributed by atoms with Crippen LogP contribution < -0.4 is 5.73 Å². The highest BCUT2D eigenvalue weighted by Gasteiger charge is 2.10. The number of nitrogen functional groups attached to an aromatic ring is 1. The Hall–Kier alpha value is -0.630. The molecule has 0 radical (unpaired) electrons. The van der Waals surface area contributed by atoms with Crippen molar-refractivity contribution >= 4 is 17.4 Å². The smallest absolute Gasteiger partial charge is 0.0314 e. The van der Waals surface area contributed by atoms with Crippen molar-refractivity contribution in [3.8, 4) is 0 Å². The standard InChI is InChI=1S/C11H17NS/c1-11(2,3)8-13-10-6-4-9(12)5-7-10/h4-7H,8,12H2,1-3H3. The molecule has 0 spiro atoms. The summed E-state index contributed by atoms with van der Waals surface area (Å²) in [6.07, 6.45) is 0. The van der Waals surface area contributed by atoms with Crippen LogP contribution in [0.3, 0.4) is 0 Å².